The summed E-state index contributed by atoms with van der Waals surface area (Å²) < 4.78 is 24.7. The van der Waals surface area contributed by atoms with E-state index < -0.39 is 10.0 Å². The van der Waals surface area contributed by atoms with Crippen LogP contribution in [0.4, 0.5) is 0 Å². The fourth-order valence-corrected chi connectivity index (χ4v) is 3.12. The van der Waals surface area contributed by atoms with Crippen LogP contribution in [-0.4, -0.2) is 46.3 Å². The highest BCUT2D eigenvalue weighted by atomic mass is 32.2. The molecule has 0 aromatic heterocycles. The smallest absolute Gasteiger partial charge is 0.221 e. The lowest BCUT2D eigenvalue weighted by molar-refractivity contribution is -0.122. The maximum absolute atomic E-state index is 11.9. The molecule has 0 heterocycles. The molecule has 6 nitrogen and oxygen atoms in total. The summed E-state index contributed by atoms with van der Waals surface area (Å²) in [5.74, 6) is -0.163. The Morgan fingerprint density at radius 3 is 2.32 bits per heavy atom. The van der Waals surface area contributed by atoms with Crippen molar-refractivity contribution in [3.63, 3.8) is 0 Å². The van der Waals surface area contributed by atoms with Crippen molar-refractivity contribution in [1.82, 2.24) is 15.4 Å². The van der Waals surface area contributed by atoms with E-state index >= 15 is 0 Å². The van der Waals surface area contributed by atoms with Gasteiger partial charge in [-0.15, -0.1) is 0 Å². The third-order valence-corrected chi connectivity index (χ3v) is 5.21. The van der Waals surface area contributed by atoms with Gasteiger partial charge in [-0.25, -0.2) is 13.1 Å². The molecule has 3 N–H and O–H groups in total. The highest BCUT2D eigenvalue weighted by Gasteiger charge is 2.32. The highest BCUT2D eigenvalue weighted by molar-refractivity contribution is 7.89. The predicted molar refractivity (Wildman–Crippen MR) is 75.3 cm³/mol. The number of sulfonamides is 1. The molecular formula is C12H25N3O3S. The number of nitrogens with one attached hydrogen (secondary N) is 3. The van der Waals surface area contributed by atoms with E-state index in [4.69, 9.17) is 0 Å². The van der Waals surface area contributed by atoms with Crippen molar-refractivity contribution >= 4 is 15.9 Å². The molecule has 7 heteroatoms. The normalized spacial score (nSPS) is 19.1. The van der Waals surface area contributed by atoms with Gasteiger partial charge in [-0.1, -0.05) is 19.3 Å². The van der Waals surface area contributed by atoms with Gasteiger partial charge in [0.2, 0.25) is 15.9 Å². The molecule has 1 amide bonds. The number of rotatable bonds is 7. The zero-order chi connectivity index (χ0) is 14.4. The zero-order valence-electron chi connectivity index (χ0n) is 11.8. The standard InChI is InChI=1S/C12H25N3O3S/c1-13-12(6-4-3-5-7-12)10-11(16)15-8-9-19(17,18)14-2/h13-14H,3-10H2,1-2H3,(H,15,16). The molecule has 0 spiro atoms. The first-order valence-electron chi connectivity index (χ1n) is 6.80. The number of carbonyl (C=O) groups is 1. The summed E-state index contributed by atoms with van der Waals surface area (Å²) in [6.07, 6.45) is 5.94. The predicted octanol–water partition coefficient (Wildman–Crippen LogP) is -0.0358. The van der Waals surface area contributed by atoms with Crippen LogP contribution in [0.2, 0.25) is 0 Å². The van der Waals surface area contributed by atoms with Gasteiger partial charge in [-0.3, -0.25) is 4.79 Å². The van der Waals surface area contributed by atoms with E-state index in [2.05, 4.69) is 15.4 Å². The molecule has 1 fully saturated rings. The molecule has 0 unspecified atom stereocenters. The van der Waals surface area contributed by atoms with Gasteiger partial charge in [0.15, 0.2) is 0 Å². The lowest BCUT2D eigenvalue weighted by Gasteiger charge is -2.36. The minimum Gasteiger partial charge on any atom is -0.355 e. The third-order valence-electron chi connectivity index (χ3n) is 3.84. The van der Waals surface area contributed by atoms with Crippen LogP contribution >= 0.6 is 0 Å². The maximum atomic E-state index is 11.9. The van der Waals surface area contributed by atoms with Crippen molar-refractivity contribution in [2.75, 3.05) is 26.4 Å². The van der Waals surface area contributed by atoms with Gasteiger partial charge in [0, 0.05) is 18.5 Å². The monoisotopic (exact) mass is 291 g/mol. The minimum atomic E-state index is -3.25. The Hall–Kier alpha value is -0.660. The molecule has 0 saturated heterocycles. The number of amides is 1. The van der Waals surface area contributed by atoms with Gasteiger partial charge in [0.25, 0.3) is 0 Å². The molecule has 1 rings (SSSR count). The Morgan fingerprint density at radius 1 is 1.16 bits per heavy atom. The van der Waals surface area contributed by atoms with Crippen molar-refractivity contribution in [2.45, 2.75) is 44.1 Å². The van der Waals surface area contributed by atoms with E-state index in [0.717, 1.165) is 25.7 Å². The van der Waals surface area contributed by atoms with Crippen LogP contribution in [0.1, 0.15) is 38.5 Å². The van der Waals surface area contributed by atoms with Gasteiger partial charge in [0.05, 0.1) is 5.75 Å². The summed E-state index contributed by atoms with van der Waals surface area (Å²) in [7, 11) is 0.0138. The van der Waals surface area contributed by atoms with Crippen LogP contribution < -0.4 is 15.4 Å². The van der Waals surface area contributed by atoms with Gasteiger partial charge < -0.3 is 10.6 Å². The molecule has 0 aliphatic heterocycles. The summed E-state index contributed by atoms with van der Waals surface area (Å²) in [6.45, 7) is 0.155. The first kappa shape index (κ1) is 16.4. The summed E-state index contributed by atoms with van der Waals surface area (Å²) in [4.78, 5) is 11.9. The molecule has 0 aromatic rings. The Morgan fingerprint density at radius 2 is 1.79 bits per heavy atom. The Bertz CT molecular complexity index is 389. The SMILES string of the molecule is CNC1(CC(=O)NCCS(=O)(=O)NC)CCCCC1. The van der Waals surface area contributed by atoms with E-state index in [-0.39, 0.29) is 23.7 Å². The molecule has 1 saturated carbocycles. The van der Waals surface area contributed by atoms with Crippen LogP contribution in [-0.2, 0) is 14.8 Å². The molecule has 19 heavy (non-hydrogen) atoms. The Labute approximate surface area is 115 Å². The van der Waals surface area contributed by atoms with E-state index in [1.54, 1.807) is 0 Å². The topological polar surface area (TPSA) is 87.3 Å². The van der Waals surface area contributed by atoms with Gasteiger partial charge in [0.1, 0.15) is 0 Å². The van der Waals surface area contributed by atoms with Crippen LogP contribution in [0.25, 0.3) is 0 Å². The van der Waals surface area contributed by atoms with E-state index in [9.17, 15) is 13.2 Å². The fraction of sp³-hybridized carbons (Fsp3) is 0.917. The molecule has 1 aliphatic carbocycles. The fourth-order valence-electron chi connectivity index (χ4n) is 2.54. The summed E-state index contributed by atoms with van der Waals surface area (Å²) in [5.41, 5.74) is -0.107. The number of hydrogen-bond donors (Lipinski definition) is 3. The van der Waals surface area contributed by atoms with E-state index in [1.165, 1.54) is 13.5 Å². The second kappa shape index (κ2) is 7.21. The molecule has 1 aliphatic rings. The molecule has 0 radical (unpaired) electrons. The first-order valence-corrected chi connectivity index (χ1v) is 8.45. The second-order valence-corrected chi connectivity index (χ2v) is 7.19. The summed E-state index contributed by atoms with van der Waals surface area (Å²) >= 11 is 0. The quantitative estimate of drug-likeness (QED) is 0.614. The van der Waals surface area contributed by atoms with Crippen LogP contribution in [0.15, 0.2) is 0 Å². The van der Waals surface area contributed by atoms with Gasteiger partial charge in [-0.2, -0.15) is 0 Å². The molecule has 0 atom stereocenters. The minimum absolute atomic E-state index is 0.0810. The van der Waals surface area contributed by atoms with Crippen molar-refractivity contribution in [3.05, 3.63) is 0 Å². The maximum Gasteiger partial charge on any atom is 0.221 e. The zero-order valence-corrected chi connectivity index (χ0v) is 12.6. The van der Waals surface area contributed by atoms with Gasteiger partial charge >= 0.3 is 0 Å². The Balaban J connectivity index is 2.37. The first-order chi connectivity index (χ1) is 8.93. The van der Waals surface area contributed by atoms with E-state index in [1.807, 2.05) is 7.05 Å². The summed E-state index contributed by atoms with van der Waals surface area (Å²) in [6, 6.07) is 0. The van der Waals surface area contributed by atoms with Crippen LogP contribution in [0, 0.1) is 0 Å². The van der Waals surface area contributed by atoms with Crippen molar-refractivity contribution in [2.24, 2.45) is 0 Å². The average Bonchev–Trinajstić information content (AvgIpc) is 2.39. The van der Waals surface area contributed by atoms with Gasteiger partial charge in [-0.05, 0) is 26.9 Å². The molecule has 0 bridgehead atoms. The van der Waals surface area contributed by atoms with Crippen LogP contribution in [0.5, 0.6) is 0 Å². The lowest BCUT2D eigenvalue weighted by Crippen LogP contribution is -2.48. The number of hydrogen-bond acceptors (Lipinski definition) is 4. The van der Waals surface area contributed by atoms with Crippen molar-refractivity contribution in [3.8, 4) is 0 Å². The average molecular weight is 291 g/mol. The lowest BCUT2D eigenvalue weighted by atomic mass is 9.79. The highest BCUT2D eigenvalue weighted by Crippen LogP contribution is 2.30. The Kier molecular flexibility index (Phi) is 6.22. The largest absolute Gasteiger partial charge is 0.355 e. The number of carbonyl (C=O) groups excluding carboxylic acids is 1. The van der Waals surface area contributed by atoms with Crippen LogP contribution in [0.3, 0.4) is 0 Å². The second-order valence-electron chi connectivity index (χ2n) is 5.14. The van der Waals surface area contributed by atoms with Crippen molar-refractivity contribution in [1.29, 1.82) is 0 Å². The molecular weight excluding hydrogens is 266 g/mol. The third kappa shape index (κ3) is 5.46. The molecule has 112 valence electrons. The van der Waals surface area contributed by atoms with Crippen molar-refractivity contribution < 1.29 is 13.2 Å². The molecule has 0 aromatic carbocycles. The summed E-state index contributed by atoms with van der Waals surface area (Å²) in [5, 5.41) is 5.96. The van der Waals surface area contributed by atoms with E-state index in [0.29, 0.717) is 6.42 Å².